The number of carboxylic acids is 1. The first-order valence-corrected chi connectivity index (χ1v) is 12.8. The third-order valence-electron chi connectivity index (χ3n) is 6.81. The number of hydrogen-bond donors (Lipinski definition) is 1. The molecule has 0 radical (unpaired) electrons. The molecule has 1 heterocycles. The number of ether oxygens (including phenoxy) is 1. The topological polar surface area (TPSA) is 117 Å². The molecule has 10 heteroatoms. The van der Waals surface area contributed by atoms with Crippen LogP contribution in [0.1, 0.15) is 63.9 Å². The van der Waals surface area contributed by atoms with E-state index in [0.717, 1.165) is 59.2 Å². The van der Waals surface area contributed by atoms with Crippen molar-refractivity contribution in [3.8, 4) is 0 Å². The Morgan fingerprint density at radius 1 is 1.17 bits per heavy atom. The third-order valence-corrected chi connectivity index (χ3v) is 6.81. The molecule has 2 aliphatic rings. The minimum absolute atomic E-state index is 0.00170. The Kier molecular flexibility index (Phi) is 10.5. The number of rotatable bonds is 13. The number of carbonyl (C=O) groups excluding carboxylic acids is 3. The van der Waals surface area contributed by atoms with Gasteiger partial charge in [0.1, 0.15) is 6.61 Å². The highest BCUT2D eigenvalue weighted by molar-refractivity contribution is 5.88. The van der Waals surface area contributed by atoms with Crippen molar-refractivity contribution in [3.63, 3.8) is 0 Å². The Bertz CT molecular complexity index is 876. The van der Waals surface area contributed by atoms with Gasteiger partial charge in [0.05, 0.1) is 19.1 Å². The first kappa shape index (κ1) is 27.4. The lowest BCUT2D eigenvalue weighted by atomic mass is 9.92. The molecule has 10 nitrogen and oxygen atoms in total. The second kappa shape index (κ2) is 13.8. The van der Waals surface area contributed by atoms with Crippen molar-refractivity contribution in [1.82, 2.24) is 15.1 Å². The Morgan fingerprint density at radius 3 is 2.53 bits per heavy atom. The molecule has 1 aliphatic heterocycles. The zero-order chi connectivity index (χ0) is 25.9. The summed E-state index contributed by atoms with van der Waals surface area (Å²) in [5.74, 6) is -2.10. The van der Waals surface area contributed by atoms with Crippen LogP contribution in [0.15, 0.2) is 30.3 Å². The fourth-order valence-electron chi connectivity index (χ4n) is 4.88. The number of amides is 3. The fraction of sp³-hybridized carbons (Fsp3) is 0.615. The fourth-order valence-corrected chi connectivity index (χ4v) is 4.88. The molecular formula is C26H37N3O7. The predicted octanol–water partition coefficient (Wildman–Crippen LogP) is 3.61. The normalized spacial score (nSPS) is 18.8. The maximum atomic E-state index is 13.8. The molecule has 1 saturated heterocycles. The Morgan fingerprint density at radius 2 is 1.89 bits per heavy atom. The molecule has 0 aromatic heterocycles. The molecule has 1 saturated carbocycles. The third kappa shape index (κ3) is 7.43. The maximum Gasteiger partial charge on any atom is 0.429 e. The highest BCUT2D eigenvalue weighted by atomic mass is 16.7. The molecule has 1 aromatic carbocycles. The molecule has 0 spiro atoms. The van der Waals surface area contributed by atoms with Crippen LogP contribution in [0.2, 0.25) is 0 Å². The predicted molar refractivity (Wildman–Crippen MR) is 130 cm³/mol. The lowest BCUT2D eigenvalue weighted by Gasteiger charge is -2.34. The molecule has 36 heavy (non-hydrogen) atoms. The SMILES string of the molecule is CCCCON(C=O)C[C@@H](CC1CCCC1)C(=O)N1[C@H](C(=O)O)CCN1C(=O)OCc1ccccc1. The van der Waals surface area contributed by atoms with Crippen LogP contribution in [-0.4, -0.2) is 70.3 Å². The van der Waals surface area contributed by atoms with Crippen LogP contribution in [-0.2, 0) is 30.6 Å². The number of nitrogens with zero attached hydrogens (tertiary/aromatic N) is 3. The average molecular weight is 504 g/mol. The van der Waals surface area contributed by atoms with Gasteiger partial charge in [0, 0.05) is 13.0 Å². The van der Waals surface area contributed by atoms with Gasteiger partial charge < -0.3 is 9.84 Å². The van der Waals surface area contributed by atoms with Crippen molar-refractivity contribution in [2.75, 3.05) is 19.7 Å². The molecule has 0 bridgehead atoms. The van der Waals surface area contributed by atoms with Crippen LogP contribution in [0.25, 0.3) is 0 Å². The first-order chi connectivity index (χ1) is 17.4. The van der Waals surface area contributed by atoms with Gasteiger partial charge in [-0.1, -0.05) is 69.4 Å². The monoisotopic (exact) mass is 503 g/mol. The van der Waals surface area contributed by atoms with Gasteiger partial charge in [0.15, 0.2) is 6.04 Å². The number of hydrogen-bond acceptors (Lipinski definition) is 6. The van der Waals surface area contributed by atoms with Gasteiger partial charge in [-0.05, 0) is 24.3 Å². The van der Waals surface area contributed by atoms with Gasteiger partial charge in [-0.2, -0.15) is 0 Å². The molecule has 3 amide bonds. The van der Waals surface area contributed by atoms with Crippen LogP contribution in [0, 0.1) is 11.8 Å². The van der Waals surface area contributed by atoms with Crippen molar-refractivity contribution < 1.29 is 33.9 Å². The summed E-state index contributed by atoms with van der Waals surface area (Å²) < 4.78 is 5.41. The van der Waals surface area contributed by atoms with E-state index < -0.39 is 29.9 Å². The summed E-state index contributed by atoms with van der Waals surface area (Å²) in [4.78, 5) is 56.0. The summed E-state index contributed by atoms with van der Waals surface area (Å²) in [7, 11) is 0. The summed E-state index contributed by atoms with van der Waals surface area (Å²) in [6.07, 6.45) is 6.14. The van der Waals surface area contributed by atoms with E-state index in [1.165, 1.54) is 0 Å². The number of carbonyl (C=O) groups is 4. The van der Waals surface area contributed by atoms with Gasteiger partial charge in [0.25, 0.3) is 0 Å². The van der Waals surface area contributed by atoms with Crippen molar-refractivity contribution in [3.05, 3.63) is 35.9 Å². The molecule has 1 aliphatic carbocycles. The molecular weight excluding hydrogens is 466 g/mol. The first-order valence-electron chi connectivity index (χ1n) is 12.8. The lowest BCUT2D eigenvalue weighted by Crippen LogP contribution is -2.54. The summed E-state index contributed by atoms with van der Waals surface area (Å²) in [5, 5.41) is 13.1. The number of unbranched alkanes of at least 4 members (excludes halogenated alkanes) is 1. The second-order valence-electron chi connectivity index (χ2n) is 9.46. The number of aliphatic carboxylic acids is 1. The molecule has 198 valence electrons. The van der Waals surface area contributed by atoms with E-state index in [0.29, 0.717) is 25.4 Å². The number of hydrazine groups is 1. The van der Waals surface area contributed by atoms with Crippen molar-refractivity contribution >= 4 is 24.4 Å². The van der Waals surface area contributed by atoms with Gasteiger partial charge in [-0.15, -0.1) is 0 Å². The molecule has 0 unspecified atom stereocenters. The van der Waals surface area contributed by atoms with Crippen molar-refractivity contribution in [2.24, 2.45) is 11.8 Å². The average Bonchev–Trinajstić information content (AvgIpc) is 3.56. The van der Waals surface area contributed by atoms with E-state index >= 15 is 0 Å². The quantitative estimate of drug-likeness (QED) is 0.248. The van der Waals surface area contributed by atoms with Crippen molar-refractivity contribution in [2.45, 2.75) is 70.9 Å². The van der Waals surface area contributed by atoms with E-state index in [4.69, 9.17) is 9.57 Å². The molecule has 1 N–H and O–H groups in total. The highest BCUT2D eigenvalue weighted by Gasteiger charge is 2.46. The molecule has 3 rings (SSSR count). The molecule has 2 fully saturated rings. The van der Waals surface area contributed by atoms with Gasteiger partial charge in [0.2, 0.25) is 12.3 Å². The second-order valence-corrected chi connectivity index (χ2v) is 9.46. The number of carboxylic acid groups (broad SMARTS) is 1. The van der Waals surface area contributed by atoms with Crippen LogP contribution < -0.4 is 0 Å². The van der Waals surface area contributed by atoms with Crippen LogP contribution in [0.3, 0.4) is 0 Å². The van der Waals surface area contributed by atoms with Gasteiger partial charge in [-0.25, -0.2) is 24.7 Å². The van der Waals surface area contributed by atoms with E-state index in [2.05, 4.69) is 0 Å². The zero-order valence-electron chi connectivity index (χ0n) is 20.9. The minimum atomic E-state index is -1.19. The van der Waals surface area contributed by atoms with E-state index in [1.807, 2.05) is 37.3 Å². The summed E-state index contributed by atoms with van der Waals surface area (Å²) >= 11 is 0. The Labute approximate surface area is 212 Å². The summed E-state index contributed by atoms with van der Waals surface area (Å²) in [6.45, 7) is 2.41. The van der Waals surface area contributed by atoms with Gasteiger partial charge >= 0.3 is 12.1 Å². The van der Waals surface area contributed by atoms with E-state index in [9.17, 15) is 24.3 Å². The summed E-state index contributed by atoms with van der Waals surface area (Å²) in [6, 6.07) is 7.94. The lowest BCUT2D eigenvalue weighted by molar-refractivity contribution is -0.182. The van der Waals surface area contributed by atoms with E-state index in [-0.39, 0.29) is 26.1 Å². The molecule has 1 aromatic rings. The van der Waals surface area contributed by atoms with Crippen LogP contribution in [0.5, 0.6) is 0 Å². The molecule has 2 atom stereocenters. The number of hydroxylamine groups is 2. The smallest absolute Gasteiger partial charge is 0.429 e. The largest absolute Gasteiger partial charge is 0.480 e. The zero-order valence-corrected chi connectivity index (χ0v) is 20.9. The van der Waals surface area contributed by atoms with Crippen LogP contribution >= 0.6 is 0 Å². The number of benzene rings is 1. The Hall–Kier alpha value is -3.14. The van der Waals surface area contributed by atoms with E-state index in [1.54, 1.807) is 0 Å². The minimum Gasteiger partial charge on any atom is -0.480 e. The summed E-state index contributed by atoms with van der Waals surface area (Å²) in [5.41, 5.74) is 0.780. The van der Waals surface area contributed by atoms with Gasteiger partial charge in [-0.3, -0.25) is 14.4 Å². The Balaban J connectivity index is 1.77. The standard InChI is InChI=1S/C26H37N3O7/c1-2-3-15-36-27(19-30)17-22(16-20-9-7-8-10-20)24(31)29-23(25(32)33)13-14-28(29)26(34)35-18-21-11-5-4-6-12-21/h4-6,11-12,19-20,22-23H,2-3,7-10,13-18H2,1H3,(H,32,33)/t22-,23+/m1/s1. The maximum absolute atomic E-state index is 13.8. The van der Waals surface area contributed by atoms with Crippen molar-refractivity contribution in [1.29, 1.82) is 0 Å². The highest BCUT2D eigenvalue weighted by Crippen LogP contribution is 2.33. The van der Waals surface area contributed by atoms with Crippen LogP contribution in [0.4, 0.5) is 4.79 Å².